The number of halogens is 2. The number of alkyl halides is 1. The molecule has 0 saturated heterocycles. The van der Waals surface area contributed by atoms with Gasteiger partial charge < -0.3 is 10.4 Å². The Labute approximate surface area is 163 Å². The molecule has 132 valence electrons. The van der Waals surface area contributed by atoms with Gasteiger partial charge in [-0.3, -0.25) is 9.59 Å². The number of benzene rings is 2. The fraction of sp³-hybridized carbons (Fsp3) is 0.263. The van der Waals surface area contributed by atoms with Crippen molar-refractivity contribution in [2.24, 2.45) is 5.92 Å². The Balaban J connectivity index is 2.57. The number of nitrogens with one attached hydrogen (secondary N) is 1. The second-order valence-corrected chi connectivity index (χ2v) is 8.10. The largest absolute Gasteiger partial charge is 0.481 e. The molecule has 0 aliphatic carbocycles. The Morgan fingerprint density at radius 3 is 2.32 bits per heavy atom. The second kappa shape index (κ2) is 8.63. The molecule has 0 fully saturated rings. The molecule has 0 saturated carbocycles. The third-order valence-corrected chi connectivity index (χ3v) is 4.98. The lowest BCUT2D eigenvalue weighted by atomic mass is 9.94. The summed E-state index contributed by atoms with van der Waals surface area (Å²) in [5.41, 5.74) is 3.23. The monoisotopic (exact) mass is 467 g/mol. The number of para-hydroxylation sites is 1. The Hall–Kier alpha value is -1.66. The van der Waals surface area contributed by atoms with Crippen LogP contribution in [-0.4, -0.2) is 21.8 Å². The van der Waals surface area contributed by atoms with Gasteiger partial charge in [-0.2, -0.15) is 0 Å². The number of hydrogen-bond donors (Lipinski definition) is 2. The number of anilines is 1. The molecular weight excluding hydrogens is 450 g/mol. The van der Waals surface area contributed by atoms with Crippen molar-refractivity contribution >= 4 is 49.4 Å². The Kier molecular flexibility index (Phi) is 6.79. The number of carbonyl (C=O) groups is 2. The van der Waals surface area contributed by atoms with Crippen molar-refractivity contribution < 1.29 is 14.7 Å². The highest BCUT2D eigenvalue weighted by molar-refractivity contribution is 9.10. The van der Waals surface area contributed by atoms with Crippen LogP contribution >= 0.6 is 31.9 Å². The van der Waals surface area contributed by atoms with Crippen LogP contribution in [0.5, 0.6) is 0 Å². The summed E-state index contributed by atoms with van der Waals surface area (Å²) in [4.78, 5) is 23.2. The number of aliphatic carboxylic acids is 1. The summed E-state index contributed by atoms with van der Waals surface area (Å²) < 4.78 is 0.904. The van der Waals surface area contributed by atoms with E-state index in [0.29, 0.717) is 12.1 Å². The van der Waals surface area contributed by atoms with Gasteiger partial charge in [-0.15, -0.1) is 0 Å². The highest BCUT2D eigenvalue weighted by atomic mass is 79.9. The van der Waals surface area contributed by atoms with Crippen molar-refractivity contribution in [1.82, 2.24) is 0 Å². The van der Waals surface area contributed by atoms with E-state index in [1.54, 1.807) is 13.8 Å². The second-order valence-electron chi connectivity index (χ2n) is 5.87. The molecular formula is C19H19Br2NO3. The number of carboxylic acids is 1. The smallest absolute Gasteiger partial charge is 0.306 e. The van der Waals surface area contributed by atoms with Crippen molar-refractivity contribution in [3.63, 3.8) is 0 Å². The van der Waals surface area contributed by atoms with Crippen LogP contribution in [0.4, 0.5) is 5.69 Å². The fourth-order valence-corrected chi connectivity index (χ4v) is 3.07. The van der Waals surface area contributed by atoms with Gasteiger partial charge in [0.25, 0.3) is 0 Å². The first kappa shape index (κ1) is 19.7. The van der Waals surface area contributed by atoms with Gasteiger partial charge in [0.2, 0.25) is 5.91 Å². The SMILES string of the molecule is C[C@@H](Br)C(=O)Nc1c(C[C@H](C)C(=O)O)cccc1-c1ccccc1Br. The molecule has 2 aromatic carbocycles. The zero-order chi connectivity index (χ0) is 18.6. The summed E-state index contributed by atoms with van der Waals surface area (Å²) in [6, 6.07) is 13.4. The minimum atomic E-state index is -0.863. The number of amides is 1. The Bertz CT molecular complexity index is 790. The lowest BCUT2D eigenvalue weighted by Crippen LogP contribution is -2.22. The van der Waals surface area contributed by atoms with E-state index in [1.165, 1.54) is 0 Å². The van der Waals surface area contributed by atoms with E-state index >= 15 is 0 Å². The first-order valence-corrected chi connectivity index (χ1v) is 9.56. The molecule has 0 aromatic heterocycles. The zero-order valence-electron chi connectivity index (χ0n) is 13.9. The molecule has 6 heteroatoms. The number of hydrogen-bond acceptors (Lipinski definition) is 2. The van der Waals surface area contributed by atoms with E-state index in [9.17, 15) is 14.7 Å². The van der Waals surface area contributed by atoms with Crippen LogP contribution in [0, 0.1) is 5.92 Å². The van der Waals surface area contributed by atoms with Crippen molar-refractivity contribution in [3.8, 4) is 11.1 Å². The molecule has 2 rings (SSSR count). The molecule has 0 heterocycles. The van der Waals surface area contributed by atoms with Crippen molar-refractivity contribution in [2.75, 3.05) is 5.32 Å². The number of carboxylic acid groups (broad SMARTS) is 1. The molecule has 0 aliphatic rings. The number of rotatable bonds is 6. The third-order valence-electron chi connectivity index (χ3n) is 3.87. The van der Waals surface area contributed by atoms with Gasteiger partial charge in [0.05, 0.1) is 16.4 Å². The van der Waals surface area contributed by atoms with Crippen LogP contribution in [0.3, 0.4) is 0 Å². The minimum absolute atomic E-state index is 0.177. The van der Waals surface area contributed by atoms with Crippen LogP contribution in [0.15, 0.2) is 46.9 Å². The highest BCUT2D eigenvalue weighted by Crippen LogP contribution is 2.36. The van der Waals surface area contributed by atoms with E-state index in [2.05, 4.69) is 37.2 Å². The van der Waals surface area contributed by atoms with Gasteiger partial charge >= 0.3 is 5.97 Å². The number of carbonyl (C=O) groups excluding carboxylic acids is 1. The molecule has 0 aliphatic heterocycles. The summed E-state index contributed by atoms with van der Waals surface area (Å²) in [7, 11) is 0. The molecule has 2 atom stereocenters. The molecule has 0 spiro atoms. The normalized spacial score (nSPS) is 13.1. The molecule has 0 bridgehead atoms. The van der Waals surface area contributed by atoms with Crippen LogP contribution in [0.2, 0.25) is 0 Å². The lowest BCUT2D eigenvalue weighted by Gasteiger charge is -2.19. The summed E-state index contributed by atoms with van der Waals surface area (Å²) in [5.74, 6) is -1.59. The zero-order valence-corrected chi connectivity index (χ0v) is 17.1. The van der Waals surface area contributed by atoms with E-state index in [1.807, 2.05) is 42.5 Å². The predicted molar refractivity (Wildman–Crippen MR) is 107 cm³/mol. The average Bonchev–Trinajstić information content (AvgIpc) is 2.56. The van der Waals surface area contributed by atoms with Crippen LogP contribution in [-0.2, 0) is 16.0 Å². The van der Waals surface area contributed by atoms with Gasteiger partial charge in [0, 0.05) is 10.0 Å². The van der Waals surface area contributed by atoms with E-state index < -0.39 is 11.9 Å². The molecule has 0 unspecified atom stereocenters. The van der Waals surface area contributed by atoms with Gasteiger partial charge in [0.15, 0.2) is 0 Å². The predicted octanol–water partition coefficient (Wildman–Crippen LogP) is 5.10. The first-order valence-electron chi connectivity index (χ1n) is 7.85. The van der Waals surface area contributed by atoms with Crippen molar-refractivity contribution in [3.05, 3.63) is 52.5 Å². The van der Waals surface area contributed by atoms with Crippen LogP contribution in [0.1, 0.15) is 19.4 Å². The molecule has 4 nitrogen and oxygen atoms in total. The van der Waals surface area contributed by atoms with Crippen LogP contribution < -0.4 is 5.32 Å². The Morgan fingerprint density at radius 1 is 1.08 bits per heavy atom. The molecule has 0 radical (unpaired) electrons. The summed E-state index contributed by atoms with van der Waals surface area (Å²) in [6.45, 7) is 3.40. The lowest BCUT2D eigenvalue weighted by molar-refractivity contribution is -0.141. The third kappa shape index (κ3) is 4.92. The van der Waals surface area contributed by atoms with Crippen LogP contribution in [0.25, 0.3) is 11.1 Å². The topological polar surface area (TPSA) is 66.4 Å². The van der Waals surface area contributed by atoms with Gasteiger partial charge in [0.1, 0.15) is 0 Å². The highest BCUT2D eigenvalue weighted by Gasteiger charge is 2.20. The maximum Gasteiger partial charge on any atom is 0.306 e. The van der Waals surface area contributed by atoms with Gasteiger partial charge in [-0.05, 0) is 30.5 Å². The summed E-state index contributed by atoms with van der Waals surface area (Å²) in [5, 5.41) is 12.2. The van der Waals surface area contributed by atoms with Gasteiger partial charge in [-0.25, -0.2) is 0 Å². The molecule has 2 aromatic rings. The Morgan fingerprint density at radius 2 is 1.72 bits per heavy atom. The standard InChI is InChI=1S/C19H19Br2NO3/c1-11(19(24)25)10-13-6-5-8-15(14-7-3-4-9-16(14)21)17(13)22-18(23)12(2)20/h3-9,11-12H,10H2,1-2H3,(H,22,23)(H,24,25)/t11-,12+/m0/s1. The molecule has 1 amide bonds. The maximum atomic E-state index is 12.3. The molecule has 25 heavy (non-hydrogen) atoms. The maximum absolute atomic E-state index is 12.3. The van der Waals surface area contributed by atoms with Crippen molar-refractivity contribution in [2.45, 2.75) is 25.1 Å². The van der Waals surface area contributed by atoms with E-state index in [-0.39, 0.29) is 10.7 Å². The molecule has 2 N–H and O–H groups in total. The van der Waals surface area contributed by atoms with Crippen molar-refractivity contribution in [1.29, 1.82) is 0 Å². The quantitative estimate of drug-likeness (QED) is 0.579. The van der Waals surface area contributed by atoms with E-state index in [0.717, 1.165) is 21.2 Å². The van der Waals surface area contributed by atoms with E-state index in [4.69, 9.17) is 0 Å². The summed E-state index contributed by atoms with van der Waals surface area (Å²) in [6.07, 6.45) is 0.333. The fourth-order valence-electron chi connectivity index (χ4n) is 2.46. The minimum Gasteiger partial charge on any atom is -0.481 e. The first-order chi connectivity index (χ1) is 11.8. The summed E-state index contributed by atoms with van der Waals surface area (Å²) >= 11 is 6.82. The average molecular weight is 469 g/mol. The van der Waals surface area contributed by atoms with Gasteiger partial charge in [-0.1, -0.05) is 75.2 Å².